The van der Waals surface area contributed by atoms with Crippen LogP contribution in [0.15, 0.2) is 24.3 Å². The van der Waals surface area contributed by atoms with E-state index in [-0.39, 0.29) is 0 Å². The Morgan fingerprint density at radius 3 is 2.39 bits per heavy atom. The first-order valence-electron chi connectivity index (χ1n) is 7.10. The molecule has 102 valence electrons. The molecule has 1 N–H and O–H groups in total. The van der Waals surface area contributed by atoms with Gasteiger partial charge >= 0.3 is 0 Å². The van der Waals surface area contributed by atoms with Crippen molar-refractivity contribution >= 4 is 0 Å². The van der Waals surface area contributed by atoms with Crippen molar-refractivity contribution < 1.29 is 4.74 Å². The van der Waals surface area contributed by atoms with E-state index in [1.165, 1.54) is 12.0 Å². The molecule has 0 saturated heterocycles. The summed E-state index contributed by atoms with van der Waals surface area (Å²) in [7, 11) is 0. The van der Waals surface area contributed by atoms with Gasteiger partial charge in [-0.2, -0.15) is 0 Å². The molecule has 2 nitrogen and oxygen atoms in total. The topological polar surface area (TPSA) is 21.3 Å². The number of ether oxygens (including phenoxy) is 1. The largest absolute Gasteiger partial charge is 0.492 e. The van der Waals surface area contributed by atoms with Crippen LogP contribution >= 0.6 is 0 Å². The molecule has 0 bridgehead atoms. The Balaban J connectivity index is 2.47. The van der Waals surface area contributed by atoms with Gasteiger partial charge in [-0.1, -0.05) is 44.9 Å². The summed E-state index contributed by atoms with van der Waals surface area (Å²) in [5.41, 5.74) is 1.27. The quantitative estimate of drug-likeness (QED) is 0.757. The molecule has 0 aliphatic carbocycles. The van der Waals surface area contributed by atoms with E-state index in [1.54, 1.807) is 0 Å². The highest BCUT2D eigenvalue weighted by Gasteiger charge is 2.15. The van der Waals surface area contributed by atoms with Crippen LogP contribution in [0.25, 0.3) is 0 Å². The fourth-order valence-corrected chi connectivity index (χ4v) is 1.86. The molecule has 0 saturated carbocycles. The molecular weight excluding hydrogens is 222 g/mol. The van der Waals surface area contributed by atoms with Gasteiger partial charge in [0.05, 0.1) is 0 Å². The lowest BCUT2D eigenvalue weighted by atomic mass is 10.00. The summed E-state index contributed by atoms with van der Waals surface area (Å²) in [5, 5.41) is 3.58. The van der Waals surface area contributed by atoms with Crippen molar-refractivity contribution in [2.45, 2.75) is 46.6 Å². The normalized spacial score (nSPS) is 14.2. The molecule has 0 aromatic heterocycles. The second kappa shape index (κ2) is 8.15. The van der Waals surface area contributed by atoms with Crippen molar-refractivity contribution in [3.63, 3.8) is 0 Å². The van der Waals surface area contributed by atoms with Crippen LogP contribution in [0.2, 0.25) is 0 Å². The second-order valence-electron chi connectivity index (χ2n) is 5.07. The highest BCUT2D eigenvalue weighted by Crippen LogP contribution is 2.14. The number of benzene rings is 1. The third-order valence-electron chi connectivity index (χ3n) is 3.44. The predicted octanol–water partition coefficient (Wildman–Crippen LogP) is 3.79. The fourth-order valence-electron chi connectivity index (χ4n) is 1.86. The Morgan fingerprint density at radius 2 is 1.83 bits per heavy atom. The van der Waals surface area contributed by atoms with Crippen LogP contribution in [0.4, 0.5) is 0 Å². The predicted molar refractivity (Wildman–Crippen MR) is 78.2 cm³/mol. The first kappa shape index (κ1) is 15.0. The average Bonchev–Trinajstić information content (AvgIpc) is 2.40. The molecule has 0 spiro atoms. The van der Waals surface area contributed by atoms with E-state index < -0.39 is 0 Å². The van der Waals surface area contributed by atoms with Gasteiger partial charge < -0.3 is 10.1 Å². The SMILES string of the molecule is CCCNC(COc1ccc(C)cc1)C(C)CC. The molecule has 2 unspecified atom stereocenters. The maximum atomic E-state index is 5.88. The Hall–Kier alpha value is -1.02. The summed E-state index contributed by atoms with van der Waals surface area (Å²) in [6.07, 6.45) is 2.34. The zero-order valence-corrected chi connectivity index (χ0v) is 12.2. The Kier molecular flexibility index (Phi) is 6.81. The van der Waals surface area contributed by atoms with E-state index in [4.69, 9.17) is 4.74 Å². The maximum absolute atomic E-state index is 5.88. The molecule has 1 rings (SSSR count). The van der Waals surface area contributed by atoms with Crippen LogP contribution in [0.5, 0.6) is 5.75 Å². The molecule has 2 atom stereocenters. The monoisotopic (exact) mass is 249 g/mol. The van der Waals surface area contributed by atoms with Crippen LogP contribution in [-0.2, 0) is 0 Å². The van der Waals surface area contributed by atoms with Gasteiger partial charge in [0.25, 0.3) is 0 Å². The highest BCUT2D eigenvalue weighted by molar-refractivity contribution is 5.26. The lowest BCUT2D eigenvalue weighted by Crippen LogP contribution is -2.40. The number of aryl methyl sites for hydroxylation is 1. The summed E-state index contributed by atoms with van der Waals surface area (Å²) in [6.45, 7) is 10.6. The van der Waals surface area contributed by atoms with Gasteiger partial charge in [0, 0.05) is 6.04 Å². The van der Waals surface area contributed by atoms with Crippen molar-refractivity contribution in [1.82, 2.24) is 5.32 Å². The van der Waals surface area contributed by atoms with Crippen molar-refractivity contribution in [3.05, 3.63) is 29.8 Å². The van der Waals surface area contributed by atoms with Gasteiger partial charge in [-0.25, -0.2) is 0 Å². The van der Waals surface area contributed by atoms with Crippen molar-refractivity contribution in [2.24, 2.45) is 5.92 Å². The number of rotatable bonds is 8. The van der Waals surface area contributed by atoms with Crippen LogP contribution in [-0.4, -0.2) is 19.2 Å². The molecule has 2 heteroatoms. The first-order valence-corrected chi connectivity index (χ1v) is 7.10. The molecule has 0 amide bonds. The molecule has 18 heavy (non-hydrogen) atoms. The van der Waals surface area contributed by atoms with E-state index in [0.29, 0.717) is 12.0 Å². The minimum atomic E-state index is 0.441. The average molecular weight is 249 g/mol. The molecule has 0 fully saturated rings. The summed E-state index contributed by atoms with van der Waals surface area (Å²) in [4.78, 5) is 0. The highest BCUT2D eigenvalue weighted by atomic mass is 16.5. The van der Waals surface area contributed by atoms with Crippen molar-refractivity contribution in [3.8, 4) is 5.75 Å². The van der Waals surface area contributed by atoms with Gasteiger partial charge in [0.1, 0.15) is 12.4 Å². The van der Waals surface area contributed by atoms with Crippen LogP contribution in [0.3, 0.4) is 0 Å². The lowest BCUT2D eigenvalue weighted by molar-refractivity contribution is 0.220. The van der Waals surface area contributed by atoms with E-state index in [9.17, 15) is 0 Å². The molecule has 0 aliphatic heterocycles. The van der Waals surface area contributed by atoms with Crippen LogP contribution in [0, 0.1) is 12.8 Å². The summed E-state index contributed by atoms with van der Waals surface area (Å²) < 4.78 is 5.88. The second-order valence-corrected chi connectivity index (χ2v) is 5.07. The number of nitrogens with one attached hydrogen (secondary N) is 1. The van der Waals surface area contributed by atoms with Gasteiger partial charge in [-0.3, -0.25) is 0 Å². The number of hydrogen-bond acceptors (Lipinski definition) is 2. The van der Waals surface area contributed by atoms with Gasteiger partial charge in [0.2, 0.25) is 0 Å². The lowest BCUT2D eigenvalue weighted by Gasteiger charge is -2.24. The van der Waals surface area contributed by atoms with Gasteiger partial charge in [-0.05, 0) is 37.9 Å². The van der Waals surface area contributed by atoms with Crippen LogP contribution in [0.1, 0.15) is 39.2 Å². The Morgan fingerprint density at radius 1 is 1.17 bits per heavy atom. The third-order valence-corrected chi connectivity index (χ3v) is 3.44. The minimum Gasteiger partial charge on any atom is -0.492 e. The molecule has 0 aliphatic rings. The van der Waals surface area contributed by atoms with Crippen LogP contribution < -0.4 is 10.1 Å². The molecular formula is C16H27NO. The van der Waals surface area contributed by atoms with Gasteiger partial charge in [0.15, 0.2) is 0 Å². The van der Waals surface area contributed by atoms with E-state index in [2.05, 4.69) is 45.1 Å². The summed E-state index contributed by atoms with van der Waals surface area (Å²) >= 11 is 0. The standard InChI is InChI=1S/C16H27NO/c1-5-11-17-16(14(4)6-2)12-18-15-9-7-13(3)8-10-15/h7-10,14,16-17H,5-6,11-12H2,1-4H3. The maximum Gasteiger partial charge on any atom is 0.119 e. The molecule has 1 aromatic carbocycles. The summed E-state index contributed by atoms with van der Waals surface area (Å²) in [5.74, 6) is 1.61. The molecule has 1 aromatic rings. The third kappa shape index (κ3) is 5.09. The molecule has 0 radical (unpaired) electrons. The fraction of sp³-hybridized carbons (Fsp3) is 0.625. The van der Waals surface area contributed by atoms with E-state index >= 15 is 0 Å². The van der Waals surface area contributed by atoms with E-state index in [0.717, 1.165) is 25.3 Å². The Labute approximate surface area is 112 Å². The number of hydrogen-bond donors (Lipinski definition) is 1. The van der Waals surface area contributed by atoms with Crippen molar-refractivity contribution in [2.75, 3.05) is 13.2 Å². The molecule has 0 heterocycles. The Bertz CT molecular complexity index is 320. The van der Waals surface area contributed by atoms with Gasteiger partial charge in [-0.15, -0.1) is 0 Å². The van der Waals surface area contributed by atoms with E-state index in [1.807, 2.05) is 12.1 Å². The van der Waals surface area contributed by atoms with Crippen molar-refractivity contribution in [1.29, 1.82) is 0 Å². The minimum absolute atomic E-state index is 0.441. The first-order chi connectivity index (χ1) is 8.67. The zero-order valence-electron chi connectivity index (χ0n) is 12.2. The zero-order chi connectivity index (χ0) is 13.4. The summed E-state index contributed by atoms with van der Waals surface area (Å²) in [6, 6.07) is 8.71. The smallest absolute Gasteiger partial charge is 0.119 e.